The molecule has 1 nitrogen and oxygen atoms in total. The summed E-state index contributed by atoms with van der Waals surface area (Å²) in [6.45, 7) is 0. The average molecular weight is 444 g/mol. The molecule has 0 saturated heterocycles. The van der Waals surface area contributed by atoms with Gasteiger partial charge in [-0.05, 0) is 81.4 Å². The van der Waals surface area contributed by atoms with E-state index in [1.54, 1.807) is 0 Å². The van der Waals surface area contributed by atoms with Crippen molar-refractivity contribution in [3.63, 3.8) is 0 Å². The second kappa shape index (κ2) is 6.20. The Labute approximate surface area is 202 Å². The van der Waals surface area contributed by atoms with Gasteiger partial charge in [0.25, 0.3) is 0 Å². The van der Waals surface area contributed by atoms with Gasteiger partial charge in [-0.3, -0.25) is 0 Å². The molecule has 0 bridgehead atoms. The molecule has 0 radical (unpaired) electrons. The van der Waals surface area contributed by atoms with Crippen LogP contribution in [0.3, 0.4) is 0 Å². The van der Waals surface area contributed by atoms with Crippen molar-refractivity contribution in [2.45, 2.75) is 12.8 Å². The number of hydrogen-bond donors (Lipinski definition) is 0. The fraction of sp³-hybridized carbons (Fsp3) is 0.0588. The fourth-order valence-corrected chi connectivity index (χ4v) is 6.87. The van der Waals surface area contributed by atoms with Crippen LogP contribution >= 0.6 is 0 Å². The predicted octanol–water partition coefficient (Wildman–Crippen LogP) is 8.54. The van der Waals surface area contributed by atoms with Crippen LogP contribution < -0.4 is 0 Å². The molecule has 0 amide bonds. The first-order valence-corrected chi connectivity index (χ1v) is 12.5. The third-order valence-corrected chi connectivity index (χ3v) is 8.36. The van der Waals surface area contributed by atoms with E-state index in [2.05, 4.69) is 108 Å². The molecule has 9 rings (SSSR count). The number of fused-ring (bicyclic) bond motifs is 15. The van der Waals surface area contributed by atoms with E-state index in [0.29, 0.717) is 0 Å². The Morgan fingerprint density at radius 3 is 2.11 bits per heavy atom. The van der Waals surface area contributed by atoms with Gasteiger partial charge in [-0.2, -0.15) is 0 Å². The molecule has 2 aliphatic rings. The predicted molar refractivity (Wildman–Crippen MR) is 146 cm³/mol. The second-order valence-electron chi connectivity index (χ2n) is 10.1. The summed E-state index contributed by atoms with van der Waals surface area (Å²) in [5.41, 5.74) is 15.3. The molecule has 0 spiro atoms. The smallest absolute Gasteiger partial charge is 0.0622 e. The van der Waals surface area contributed by atoms with E-state index in [9.17, 15) is 0 Å². The van der Waals surface area contributed by atoms with Crippen molar-refractivity contribution in [2.75, 3.05) is 0 Å². The van der Waals surface area contributed by atoms with Gasteiger partial charge < -0.3 is 4.40 Å². The Bertz CT molecular complexity index is 2050. The molecule has 5 aromatic carbocycles. The van der Waals surface area contributed by atoms with E-state index in [1.807, 2.05) is 0 Å². The van der Waals surface area contributed by atoms with Crippen molar-refractivity contribution in [3.05, 3.63) is 125 Å². The minimum Gasteiger partial charge on any atom is -0.308 e. The highest BCUT2D eigenvalue weighted by Gasteiger charge is 2.26. The maximum Gasteiger partial charge on any atom is 0.0622 e. The molecule has 0 fully saturated rings. The lowest BCUT2D eigenvalue weighted by Crippen LogP contribution is -1.95. The Morgan fingerprint density at radius 2 is 1.20 bits per heavy atom. The maximum absolute atomic E-state index is 2.54. The first-order valence-electron chi connectivity index (χ1n) is 12.5. The molecule has 2 aromatic heterocycles. The Kier molecular flexibility index (Phi) is 3.19. The van der Waals surface area contributed by atoms with Gasteiger partial charge in [0.15, 0.2) is 0 Å². The first kappa shape index (κ1) is 18.0. The van der Waals surface area contributed by atoms with Crippen LogP contribution in [0.2, 0.25) is 0 Å². The number of rotatable bonds is 0. The summed E-state index contributed by atoms with van der Waals surface area (Å²) in [5.74, 6) is 0. The number of benzene rings is 5. The molecule has 2 aliphatic carbocycles. The molecular formula is C34H21N. The van der Waals surface area contributed by atoms with Crippen molar-refractivity contribution >= 4 is 38.1 Å². The highest BCUT2D eigenvalue weighted by Crippen LogP contribution is 2.47. The van der Waals surface area contributed by atoms with Crippen LogP contribution in [0.1, 0.15) is 22.3 Å². The van der Waals surface area contributed by atoms with E-state index >= 15 is 0 Å². The molecule has 162 valence electrons. The average Bonchev–Trinajstić information content (AvgIpc) is 3.58. The molecule has 0 atom stereocenters. The normalized spacial score (nSPS) is 13.5. The fourth-order valence-electron chi connectivity index (χ4n) is 6.87. The summed E-state index contributed by atoms with van der Waals surface area (Å²) in [6.07, 6.45) is 2.03. The number of aromatic nitrogens is 1. The maximum atomic E-state index is 2.54. The standard InChI is InChI=1S/C34H21N/c1-4-10-25-20(7-1)16-24-17-29-27-14-13-23-15-21-8-2-5-11-26(21)33(23)34(27)35-31-12-6-3-9-22(31)18-32(35)30(29)19-28(24)25/h1-14,17-19H,15-16H2. The summed E-state index contributed by atoms with van der Waals surface area (Å²) < 4.78 is 2.54. The van der Waals surface area contributed by atoms with Gasteiger partial charge in [0.1, 0.15) is 0 Å². The van der Waals surface area contributed by atoms with Crippen LogP contribution in [0.5, 0.6) is 0 Å². The minimum atomic E-state index is 1.01. The molecule has 0 saturated carbocycles. The molecule has 35 heavy (non-hydrogen) atoms. The number of nitrogens with zero attached hydrogens (tertiary/aromatic N) is 1. The topological polar surface area (TPSA) is 4.41 Å². The van der Waals surface area contributed by atoms with Crippen molar-refractivity contribution in [3.8, 4) is 22.3 Å². The number of hydrogen-bond acceptors (Lipinski definition) is 0. The lowest BCUT2D eigenvalue weighted by molar-refractivity contribution is 1.26. The largest absolute Gasteiger partial charge is 0.308 e. The van der Waals surface area contributed by atoms with Gasteiger partial charge in [0.2, 0.25) is 0 Å². The molecule has 1 heteroatoms. The number of para-hydroxylation sites is 1. The second-order valence-corrected chi connectivity index (χ2v) is 10.1. The van der Waals surface area contributed by atoms with Gasteiger partial charge in [0, 0.05) is 21.7 Å². The highest BCUT2D eigenvalue weighted by atomic mass is 14.9. The molecule has 0 unspecified atom stereocenters. The van der Waals surface area contributed by atoms with Crippen molar-refractivity contribution in [1.29, 1.82) is 0 Å². The van der Waals surface area contributed by atoms with Gasteiger partial charge in [-0.1, -0.05) is 78.9 Å². The zero-order valence-corrected chi connectivity index (χ0v) is 19.2. The molecule has 2 heterocycles. The van der Waals surface area contributed by atoms with Crippen LogP contribution in [-0.4, -0.2) is 4.40 Å². The van der Waals surface area contributed by atoms with Crippen LogP contribution in [0.4, 0.5) is 0 Å². The van der Waals surface area contributed by atoms with E-state index < -0.39 is 0 Å². The lowest BCUT2D eigenvalue weighted by atomic mass is 9.94. The third-order valence-electron chi connectivity index (χ3n) is 8.36. The monoisotopic (exact) mass is 443 g/mol. The van der Waals surface area contributed by atoms with Crippen LogP contribution in [0, 0.1) is 0 Å². The zero-order valence-electron chi connectivity index (χ0n) is 19.2. The molecule has 7 aromatic rings. The number of pyridine rings is 1. The summed E-state index contributed by atoms with van der Waals surface area (Å²) in [4.78, 5) is 0. The van der Waals surface area contributed by atoms with E-state index in [4.69, 9.17) is 0 Å². The van der Waals surface area contributed by atoms with Gasteiger partial charge in [-0.15, -0.1) is 0 Å². The van der Waals surface area contributed by atoms with E-state index in [1.165, 1.54) is 82.6 Å². The zero-order chi connectivity index (χ0) is 22.7. The van der Waals surface area contributed by atoms with Gasteiger partial charge in [0.05, 0.1) is 16.6 Å². The Hall–Kier alpha value is -4.36. The quantitative estimate of drug-likeness (QED) is 0.207. The SMILES string of the molecule is c1ccc2c(c1)Cc1cc3c(cc1-2)c1cc2ccccc2n1c1c2c(ccc31)Cc1ccccc1-2. The summed E-state index contributed by atoms with van der Waals surface area (Å²) >= 11 is 0. The van der Waals surface area contributed by atoms with Crippen LogP contribution in [0.25, 0.3) is 60.3 Å². The van der Waals surface area contributed by atoms with Crippen LogP contribution in [0.15, 0.2) is 103 Å². The van der Waals surface area contributed by atoms with E-state index in [0.717, 1.165) is 12.8 Å². The lowest BCUT2D eigenvalue weighted by Gasteiger charge is -2.16. The summed E-state index contributed by atoms with van der Waals surface area (Å²) in [6, 6.07) is 38.8. The Balaban J connectivity index is 1.54. The minimum absolute atomic E-state index is 1.01. The first-order chi connectivity index (χ1) is 17.3. The van der Waals surface area contributed by atoms with Gasteiger partial charge >= 0.3 is 0 Å². The molecule has 0 N–H and O–H groups in total. The summed E-state index contributed by atoms with van der Waals surface area (Å²) in [5, 5.41) is 5.36. The summed E-state index contributed by atoms with van der Waals surface area (Å²) in [7, 11) is 0. The molecular weight excluding hydrogens is 422 g/mol. The highest BCUT2D eigenvalue weighted by molar-refractivity contribution is 6.20. The van der Waals surface area contributed by atoms with Crippen molar-refractivity contribution < 1.29 is 0 Å². The van der Waals surface area contributed by atoms with Gasteiger partial charge in [-0.25, -0.2) is 0 Å². The molecule has 0 aliphatic heterocycles. The Morgan fingerprint density at radius 1 is 0.457 bits per heavy atom. The van der Waals surface area contributed by atoms with Crippen molar-refractivity contribution in [2.24, 2.45) is 0 Å². The third kappa shape index (κ3) is 2.19. The van der Waals surface area contributed by atoms with Crippen LogP contribution in [-0.2, 0) is 12.8 Å². The van der Waals surface area contributed by atoms with E-state index in [-0.39, 0.29) is 0 Å². The van der Waals surface area contributed by atoms with Crippen molar-refractivity contribution in [1.82, 2.24) is 4.40 Å².